The quantitative estimate of drug-likeness (QED) is 0.849. The van der Waals surface area contributed by atoms with Crippen molar-refractivity contribution >= 4 is 10.0 Å². The molecular weight excluding hydrogens is 308 g/mol. The van der Waals surface area contributed by atoms with Gasteiger partial charge in [0.15, 0.2) is 0 Å². The number of piperidine rings is 1. The summed E-state index contributed by atoms with van der Waals surface area (Å²) in [6, 6.07) is 8.91. The Labute approximate surface area is 140 Å². The summed E-state index contributed by atoms with van der Waals surface area (Å²) in [5.74, 6) is 0.664. The molecule has 0 bridgehead atoms. The van der Waals surface area contributed by atoms with Gasteiger partial charge in [-0.25, -0.2) is 8.42 Å². The second-order valence-electron chi connectivity index (χ2n) is 7.41. The first-order valence-electron chi connectivity index (χ1n) is 8.74. The molecule has 0 unspecified atom stereocenters. The Morgan fingerprint density at radius 3 is 2.30 bits per heavy atom. The Morgan fingerprint density at radius 2 is 1.70 bits per heavy atom. The van der Waals surface area contributed by atoms with Gasteiger partial charge in [0, 0.05) is 18.6 Å². The maximum atomic E-state index is 13.1. The predicted octanol–water partition coefficient (Wildman–Crippen LogP) is 2.96. The van der Waals surface area contributed by atoms with Crippen molar-refractivity contribution < 1.29 is 8.42 Å². The van der Waals surface area contributed by atoms with E-state index >= 15 is 0 Å². The van der Waals surface area contributed by atoms with Crippen molar-refractivity contribution in [2.24, 2.45) is 5.92 Å². The Balaban J connectivity index is 1.79. The molecule has 23 heavy (non-hydrogen) atoms. The summed E-state index contributed by atoms with van der Waals surface area (Å²) < 4.78 is 28.0. The maximum Gasteiger partial charge on any atom is 0.243 e. The average molecular weight is 337 g/mol. The highest BCUT2D eigenvalue weighted by Crippen LogP contribution is 2.41. The molecule has 0 saturated carbocycles. The number of nitrogens with zero attached hydrogens (tertiary/aromatic N) is 2. The topological polar surface area (TPSA) is 40.6 Å². The van der Waals surface area contributed by atoms with Crippen LogP contribution >= 0.6 is 0 Å². The molecule has 3 rings (SSSR count). The summed E-state index contributed by atoms with van der Waals surface area (Å²) >= 11 is 0. The van der Waals surface area contributed by atoms with Crippen molar-refractivity contribution in [1.82, 2.24) is 9.21 Å². The van der Waals surface area contributed by atoms with E-state index in [0.717, 1.165) is 45.3 Å². The number of sulfonamides is 1. The lowest BCUT2D eigenvalue weighted by molar-refractivity contribution is 0.0949. The number of likely N-dealkylation sites (tertiary alicyclic amines) is 1. The Morgan fingerprint density at radius 1 is 1.04 bits per heavy atom. The van der Waals surface area contributed by atoms with Gasteiger partial charge < -0.3 is 4.90 Å². The van der Waals surface area contributed by atoms with Gasteiger partial charge in [-0.1, -0.05) is 32.0 Å². The van der Waals surface area contributed by atoms with Crippen LogP contribution in [-0.2, 0) is 10.0 Å². The summed E-state index contributed by atoms with van der Waals surface area (Å²) in [5, 5.41) is 0. The highest BCUT2D eigenvalue weighted by molar-refractivity contribution is 7.89. The summed E-state index contributed by atoms with van der Waals surface area (Å²) in [5.41, 5.74) is -0.151. The first-order chi connectivity index (χ1) is 10.9. The van der Waals surface area contributed by atoms with Gasteiger partial charge in [-0.05, 0) is 56.8 Å². The van der Waals surface area contributed by atoms with Crippen molar-refractivity contribution in [2.45, 2.75) is 50.0 Å². The van der Waals surface area contributed by atoms with Crippen LogP contribution in [0.4, 0.5) is 0 Å². The molecule has 2 fully saturated rings. The number of benzene rings is 1. The van der Waals surface area contributed by atoms with Crippen LogP contribution in [0.2, 0.25) is 0 Å². The predicted molar refractivity (Wildman–Crippen MR) is 92.8 cm³/mol. The molecule has 2 aliphatic rings. The molecule has 5 heteroatoms. The van der Waals surface area contributed by atoms with E-state index in [0.29, 0.717) is 17.4 Å². The summed E-state index contributed by atoms with van der Waals surface area (Å²) in [7, 11) is -3.37. The van der Waals surface area contributed by atoms with Gasteiger partial charge in [-0.3, -0.25) is 0 Å². The van der Waals surface area contributed by atoms with Crippen LogP contribution in [0.1, 0.15) is 39.5 Å². The fourth-order valence-corrected chi connectivity index (χ4v) is 6.08. The summed E-state index contributed by atoms with van der Waals surface area (Å²) in [6.07, 6.45) is 3.92. The van der Waals surface area contributed by atoms with E-state index in [1.165, 1.54) is 0 Å². The number of hydrogen-bond donors (Lipinski definition) is 0. The molecular formula is C18H28N2O2S. The van der Waals surface area contributed by atoms with Crippen molar-refractivity contribution in [3.05, 3.63) is 30.3 Å². The fraction of sp³-hybridized carbons (Fsp3) is 0.667. The smallest absolute Gasteiger partial charge is 0.243 e. The van der Waals surface area contributed by atoms with Crippen molar-refractivity contribution in [2.75, 3.05) is 26.2 Å². The Hall–Kier alpha value is -0.910. The summed E-state index contributed by atoms with van der Waals surface area (Å²) in [4.78, 5) is 2.92. The molecule has 128 valence electrons. The van der Waals surface area contributed by atoms with Gasteiger partial charge in [0.25, 0.3) is 0 Å². The third-order valence-electron chi connectivity index (χ3n) is 5.27. The molecule has 0 amide bonds. The zero-order valence-corrected chi connectivity index (χ0v) is 15.1. The molecule has 1 aromatic rings. The minimum atomic E-state index is -3.37. The van der Waals surface area contributed by atoms with Gasteiger partial charge in [-0.2, -0.15) is 4.31 Å². The lowest BCUT2D eigenvalue weighted by Crippen LogP contribution is -2.54. The second-order valence-corrected chi connectivity index (χ2v) is 9.27. The number of rotatable bonds is 4. The molecule has 1 aromatic carbocycles. The minimum Gasteiger partial charge on any atom is -0.303 e. The molecule has 2 aliphatic heterocycles. The molecule has 0 aliphatic carbocycles. The van der Waals surface area contributed by atoms with Gasteiger partial charge in [0.1, 0.15) is 0 Å². The molecule has 0 aromatic heterocycles. The molecule has 0 atom stereocenters. The number of hydrogen-bond acceptors (Lipinski definition) is 3. The zero-order chi connectivity index (χ0) is 16.5. The third kappa shape index (κ3) is 3.32. The molecule has 2 saturated heterocycles. The SMILES string of the molecule is CC(C)CN1CCC2(CCCN2S(=O)(=O)c2ccccc2)CC1. The van der Waals surface area contributed by atoms with Crippen LogP contribution in [0.5, 0.6) is 0 Å². The van der Waals surface area contributed by atoms with Gasteiger partial charge in [0.2, 0.25) is 10.0 Å². The Kier molecular flexibility index (Phi) is 4.81. The van der Waals surface area contributed by atoms with E-state index in [-0.39, 0.29) is 5.54 Å². The maximum absolute atomic E-state index is 13.1. The van der Waals surface area contributed by atoms with E-state index in [2.05, 4.69) is 18.7 Å². The van der Waals surface area contributed by atoms with Crippen molar-refractivity contribution in [1.29, 1.82) is 0 Å². The standard InChI is InChI=1S/C18H28N2O2S/c1-16(2)15-19-13-10-18(11-14-19)9-6-12-20(18)23(21,22)17-7-4-3-5-8-17/h3-5,7-8,16H,6,9-15H2,1-2H3. The lowest BCUT2D eigenvalue weighted by atomic mass is 9.86. The largest absolute Gasteiger partial charge is 0.303 e. The fourth-order valence-electron chi connectivity index (χ4n) is 4.18. The Bertz CT molecular complexity index is 620. The van der Waals surface area contributed by atoms with E-state index < -0.39 is 10.0 Å². The van der Waals surface area contributed by atoms with Gasteiger partial charge in [-0.15, -0.1) is 0 Å². The molecule has 1 spiro atoms. The van der Waals surface area contributed by atoms with Crippen LogP contribution in [0.3, 0.4) is 0 Å². The normalized spacial score (nSPS) is 22.9. The highest BCUT2D eigenvalue weighted by atomic mass is 32.2. The van der Waals surface area contributed by atoms with E-state index in [4.69, 9.17) is 0 Å². The minimum absolute atomic E-state index is 0.151. The van der Waals surface area contributed by atoms with E-state index in [1.807, 2.05) is 10.4 Å². The zero-order valence-electron chi connectivity index (χ0n) is 14.2. The van der Waals surface area contributed by atoms with Gasteiger partial charge >= 0.3 is 0 Å². The average Bonchev–Trinajstić information content (AvgIpc) is 2.94. The molecule has 2 heterocycles. The second kappa shape index (κ2) is 6.54. The van der Waals surface area contributed by atoms with Crippen LogP contribution in [0.25, 0.3) is 0 Å². The first-order valence-corrected chi connectivity index (χ1v) is 10.2. The molecule has 0 N–H and O–H groups in total. The molecule has 0 radical (unpaired) electrons. The van der Waals surface area contributed by atoms with Crippen LogP contribution in [0.15, 0.2) is 35.2 Å². The van der Waals surface area contributed by atoms with E-state index in [1.54, 1.807) is 24.3 Å². The third-order valence-corrected chi connectivity index (χ3v) is 7.29. The monoisotopic (exact) mass is 336 g/mol. The van der Waals surface area contributed by atoms with E-state index in [9.17, 15) is 8.42 Å². The van der Waals surface area contributed by atoms with Crippen LogP contribution in [0, 0.1) is 5.92 Å². The van der Waals surface area contributed by atoms with Crippen molar-refractivity contribution in [3.8, 4) is 0 Å². The van der Waals surface area contributed by atoms with Gasteiger partial charge in [0.05, 0.1) is 4.90 Å². The first kappa shape index (κ1) is 16.9. The highest BCUT2D eigenvalue weighted by Gasteiger charge is 2.48. The lowest BCUT2D eigenvalue weighted by Gasteiger charge is -2.44. The molecule has 4 nitrogen and oxygen atoms in total. The van der Waals surface area contributed by atoms with Crippen LogP contribution < -0.4 is 0 Å². The van der Waals surface area contributed by atoms with Crippen molar-refractivity contribution in [3.63, 3.8) is 0 Å². The van der Waals surface area contributed by atoms with Crippen LogP contribution in [-0.4, -0.2) is 49.3 Å². The summed E-state index contributed by atoms with van der Waals surface area (Å²) in [6.45, 7) is 8.29.